The van der Waals surface area contributed by atoms with Gasteiger partial charge in [-0.2, -0.15) is 0 Å². The lowest BCUT2D eigenvalue weighted by Gasteiger charge is -2.61. The molecule has 0 aromatic heterocycles. The molecule has 4 aliphatic rings. The van der Waals surface area contributed by atoms with Crippen LogP contribution in [0.4, 0.5) is 0 Å². The van der Waals surface area contributed by atoms with Crippen LogP contribution in [0.15, 0.2) is 36.4 Å². The summed E-state index contributed by atoms with van der Waals surface area (Å²) in [5, 5.41) is 0. The SMILES string of the molecule is C=C(CC12CC3CC(C1)CC(C(=O)Oc1ccc(COC)cc1)(C3)C2)C(C)(C)CC. The number of allylic oxidation sites excluding steroid dienone is 1. The zero-order chi connectivity index (χ0) is 21.6. The number of hydrogen-bond acceptors (Lipinski definition) is 3. The zero-order valence-corrected chi connectivity index (χ0v) is 19.3. The van der Waals surface area contributed by atoms with Crippen molar-refractivity contribution in [2.45, 2.75) is 78.7 Å². The molecule has 164 valence electrons. The molecule has 2 unspecified atom stereocenters. The maximum absolute atomic E-state index is 13.5. The first kappa shape index (κ1) is 21.6. The molecular formula is C27H38O3. The molecule has 4 bridgehead atoms. The summed E-state index contributed by atoms with van der Waals surface area (Å²) in [6.45, 7) is 12.0. The van der Waals surface area contributed by atoms with E-state index in [4.69, 9.17) is 9.47 Å². The summed E-state index contributed by atoms with van der Waals surface area (Å²) in [6, 6.07) is 7.75. The second kappa shape index (κ2) is 7.82. The van der Waals surface area contributed by atoms with E-state index in [9.17, 15) is 4.79 Å². The van der Waals surface area contributed by atoms with Crippen LogP contribution in [0.1, 0.15) is 77.7 Å². The monoisotopic (exact) mass is 410 g/mol. The third-order valence-electron chi connectivity index (χ3n) is 8.49. The standard InChI is InChI=1S/C27H38O3/c1-6-25(3,4)19(2)12-26-13-21-11-22(14-26)16-27(15-21,18-26)24(28)30-23-9-7-20(8-10-23)17-29-5/h7-10,21-22H,2,6,11-18H2,1,3-5H3. The van der Waals surface area contributed by atoms with Gasteiger partial charge in [-0.05, 0) is 91.7 Å². The highest BCUT2D eigenvalue weighted by Gasteiger charge is 2.61. The Balaban J connectivity index is 1.52. The maximum atomic E-state index is 13.5. The van der Waals surface area contributed by atoms with Crippen molar-refractivity contribution in [1.29, 1.82) is 0 Å². The smallest absolute Gasteiger partial charge is 0.317 e. The lowest BCUT2D eigenvalue weighted by molar-refractivity contribution is -0.171. The minimum atomic E-state index is -0.300. The van der Waals surface area contributed by atoms with Gasteiger partial charge in [-0.15, -0.1) is 0 Å². The van der Waals surface area contributed by atoms with Crippen LogP contribution in [0.25, 0.3) is 0 Å². The predicted octanol–water partition coefficient (Wildman–Crippen LogP) is 6.71. The summed E-state index contributed by atoms with van der Waals surface area (Å²) in [5.41, 5.74) is 2.56. The molecule has 0 heterocycles. The van der Waals surface area contributed by atoms with Gasteiger partial charge < -0.3 is 9.47 Å². The molecule has 0 N–H and O–H groups in total. The van der Waals surface area contributed by atoms with Crippen LogP contribution in [-0.4, -0.2) is 13.1 Å². The van der Waals surface area contributed by atoms with Crippen LogP contribution in [0, 0.1) is 28.1 Å². The Bertz CT molecular complexity index is 790. The third kappa shape index (κ3) is 3.98. The van der Waals surface area contributed by atoms with E-state index in [1.54, 1.807) is 7.11 Å². The van der Waals surface area contributed by atoms with E-state index in [-0.39, 0.29) is 22.2 Å². The van der Waals surface area contributed by atoms with Gasteiger partial charge in [0.2, 0.25) is 0 Å². The van der Waals surface area contributed by atoms with E-state index >= 15 is 0 Å². The van der Waals surface area contributed by atoms with Crippen LogP contribution in [0.2, 0.25) is 0 Å². The Hall–Kier alpha value is -1.61. The molecule has 4 fully saturated rings. The molecule has 1 aromatic carbocycles. The third-order valence-corrected chi connectivity index (χ3v) is 8.49. The molecule has 0 spiro atoms. The van der Waals surface area contributed by atoms with Crippen molar-refractivity contribution in [3.63, 3.8) is 0 Å². The summed E-state index contributed by atoms with van der Waals surface area (Å²) in [6.07, 6.45) is 9.01. The van der Waals surface area contributed by atoms with Gasteiger partial charge in [-0.1, -0.05) is 45.1 Å². The van der Waals surface area contributed by atoms with E-state index in [0.29, 0.717) is 24.2 Å². The molecule has 0 saturated heterocycles. The van der Waals surface area contributed by atoms with E-state index in [1.807, 2.05) is 24.3 Å². The first-order valence-corrected chi connectivity index (χ1v) is 11.7. The molecule has 4 aliphatic carbocycles. The molecule has 3 heteroatoms. The fraction of sp³-hybridized carbons (Fsp3) is 0.667. The van der Waals surface area contributed by atoms with E-state index in [2.05, 4.69) is 27.4 Å². The van der Waals surface area contributed by atoms with Crippen LogP contribution in [-0.2, 0) is 16.1 Å². The Morgan fingerprint density at radius 2 is 1.77 bits per heavy atom. The zero-order valence-electron chi connectivity index (χ0n) is 19.3. The van der Waals surface area contributed by atoms with Crippen molar-refractivity contribution in [3.8, 4) is 5.75 Å². The number of methoxy groups -OCH3 is 1. The molecule has 4 saturated carbocycles. The fourth-order valence-electron chi connectivity index (χ4n) is 6.88. The largest absolute Gasteiger partial charge is 0.426 e. The molecular weight excluding hydrogens is 372 g/mol. The van der Waals surface area contributed by atoms with Gasteiger partial charge in [-0.3, -0.25) is 4.79 Å². The topological polar surface area (TPSA) is 35.5 Å². The molecule has 0 aliphatic heterocycles. The Morgan fingerprint density at radius 1 is 1.13 bits per heavy atom. The number of hydrogen-bond donors (Lipinski definition) is 0. The van der Waals surface area contributed by atoms with Crippen LogP contribution in [0.3, 0.4) is 0 Å². The van der Waals surface area contributed by atoms with Gasteiger partial charge in [0.1, 0.15) is 5.75 Å². The molecule has 0 amide bonds. The molecule has 2 atom stereocenters. The molecule has 3 nitrogen and oxygen atoms in total. The number of rotatable bonds is 8. The van der Waals surface area contributed by atoms with Crippen molar-refractivity contribution < 1.29 is 14.3 Å². The summed E-state index contributed by atoms with van der Waals surface area (Å²) < 4.78 is 11.1. The normalized spacial score (nSPS) is 32.3. The van der Waals surface area contributed by atoms with Crippen molar-refractivity contribution >= 4 is 5.97 Å². The van der Waals surface area contributed by atoms with Gasteiger partial charge in [0.05, 0.1) is 12.0 Å². The highest BCUT2D eigenvalue weighted by molar-refractivity contribution is 5.80. The second-order valence-electron chi connectivity index (χ2n) is 11.2. The first-order chi connectivity index (χ1) is 14.2. The lowest BCUT2D eigenvalue weighted by Crippen LogP contribution is -2.56. The summed E-state index contributed by atoms with van der Waals surface area (Å²) in [5.74, 6) is 1.99. The highest BCUT2D eigenvalue weighted by atomic mass is 16.5. The second-order valence-corrected chi connectivity index (χ2v) is 11.2. The maximum Gasteiger partial charge on any atom is 0.317 e. The number of ether oxygens (including phenoxy) is 2. The average molecular weight is 411 g/mol. The van der Waals surface area contributed by atoms with E-state index in [0.717, 1.165) is 37.7 Å². The Morgan fingerprint density at radius 3 is 2.33 bits per heavy atom. The minimum Gasteiger partial charge on any atom is -0.426 e. The lowest BCUT2D eigenvalue weighted by atomic mass is 9.43. The Labute approximate surface area is 182 Å². The van der Waals surface area contributed by atoms with Gasteiger partial charge in [0.15, 0.2) is 0 Å². The summed E-state index contributed by atoms with van der Waals surface area (Å²) in [7, 11) is 1.69. The minimum absolute atomic E-state index is 0.000769. The summed E-state index contributed by atoms with van der Waals surface area (Å²) in [4.78, 5) is 13.5. The first-order valence-electron chi connectivity index (χ1n) is 11.7. The molecule has 0 radical (unpaired) electrons. The average Bonchev–Trinajstić information content (AvgIpc) is 2.68. The summed E-state index contributed by atoms with van der Waals surface area (Å²) >= 11 is 0. The highest BCUT2D eigenvalue weighted by Crippen LogP contribution is 2.67. The fourth-order valence-corrected chi connectivity index (χ4v) is 6.88. The van der Waals surface area contributed by atoms with E-state index in [1.165, 1.54) is 24.8 Å². The predicted molar refractivity (Wildman–Crippen MR) is 120 cm³/mol. The quantitative estimate of drug-likeness (QED) is 0.271. The van der Waals surface area contributed by atoms with Crippen molar-refractivity contribution in [2.24, 2.45) is 28.1 Å². The van der Waals surface area contributed by atoms with Crippen LogP contribution in [0.5, 0.6) is 5.75 Å². The molecule has 1 aromatic rings. The number of carbonyl (C=O) groups excluding carboxylic acids is 1. The van der Waals surface area contributed by atoms with Crippen LogP contribution >= 0.6 is 0 Å². The number of benzene rings is 1. The van der Waals surface area contributed by atoms with Crippen molar-refractivity contribution in [1.82, 2.24) is 0 Å². The van der Waals surface area contributed by atoms with E-state index < -0.39 is 0 Å². The van der Waals surface area contributed by atoms with Gasteiger partial charge >= 0.3 is 5.97 Å². The van der Waals surface area contributed by atoms with Crippen molar-refractivity contribution in [3.05, 3.63) is 42.0 Å². The molecule has 5 rings (SSSR count). The van der Waals surface area contributed by atoms with Gasteiger partial charge in [0, 0.05) is 7.11 Å². The Kier molecular flexibility index (Phi) is 5.63. The van der Waals surface area contributed by atoms with Gasteiger partial charge in [-0.25, -0.2) is 0 Å². The number of carbonyl (C=O) groups is 1. The van der Waals surface area contributed by atoms with Crippen molar-refractivity contribution in [2.75, 3.05) is 7.11 Å². The molecule has 30 heavy (non-hydrogen) atoms. The number of esters is 1. The van der Waals surface area contributed by atoms with Gasteiger partial charge in [0.25, 0.3) is 0 Å². The van der Waals surface area contributed by atoms with Crippen LogP contribution < -0.4 is 4.74 Å².